The van der Waals surface area contributed by atoms with E-state index in [1.807, 2.05) is 5.88 Å². The van der Waals surface area contributed by atoms with Gasteiger partial charge >= 0.3 is 0 Å². The topological polar surface area (TPSA) is 12.0 Å². The van der Waals surface area contributed by atoms with E-state index in [-0.39, 0.29) is 0 Å². The predicted octanol–water partition coefficient (Wildman–Crippen LogP) is 1.94. The minimum absolute atomic E-state index is 0.640. The third kappa shape index (κ3) is 1.19. The largest absolute Gasteiger partial charge is 0.373 e. The number of nitrogens with one attached hydrogen (secondary N) is 1. The quantitative estimate of drug-likeness (QED) is 0.579. The molecule has 1 radical (unpaired) electrons. The highest BCUT2D eigenvalue weighted by atomic mass is 32.2. The normalized spacial score (nSPS) is 18.6. The van der Waals surface area contributed by atoms with Crippen LogP contribution in [0.4, 0.5) is 0 Å². The molecule has 0 aliphatic carbocycles. The maximum absolute atomic E-state index is 3.16. The van der Waals surface area contributed by atoms with Gasteiger partial charge in [0.25, 0.3) is 0 Å². The third-order valence-electron chi connectivity index (χ3n) is 1.11. The molecule has 1 heterocycles. The molecule has 0 aromatic heterocycles. The monoisotopic (exact) mass is 128 g/mol. The van der Waals surface area contributed by atoms with Gasteiger partial charge in [-0.3, -0.25) is 0 Å². The molecular formula is C6H10NS. The van der Waals surface area contributed by atoms with Crippen LogP contribution < -0.4 is 5.32 Å². The molecule has 2 heteroatoms. The Labute approximate surface area is 54.5 Å². The Morgan fingerprint density at radius 3 is 2.62 bits per heavy atom. The number of thioether (sulfide) groups is 1. The molecular weight excluding hydrogens is 118 g/mol. The van der Waals surface area contributed by atoms with Crippen LogP contribution in [0.2, 0.25) is 0 Å². The van der Waals surface area contributed by atoms with E-state index in [1.165, 1.54) is 5.70 Å². The molecule has 0 atom stereocenters. The Bertz CT molecular complexity index is 107. The van der Waals surface area contributed by atoms with Gasteiger partial charge in [0.15, 0.2) is 0 Å². The van der Waals surface area contributed by atoms with E-state index >= 15 is 0 Å². The summed E-state index contributed by atoms with van der Waals surface area (Å²) in [4.78, 5) is 0. The smallest absolute Gasteiger partial charge is 0.106 e. The number of rotatable bonds is 1. The van der Waals surface area contributed by atoms with E-state index in [0.717, 1.165) is 0 Å². The fraction of sp³-hybridized carbons (Fsp3) is 0.500. The van der Waals surface area contributed by atoms with Crippen molar-refractivity contribution < 1.29 is 0 Å². The lowest BCUT2D eigenvalue weighted by Crippen LogP contribution is -2.07. The summed E-state index contributed by atoms with van der Waals surface area (Å²) in [5.74, 6) is 2.64. The van der Waals surface area contributed by atoms with Crippen LogP contribution in [0, 0.1) is 11.8 Å². The van der Waals surface area contributed by atoms with Crippen LogP contribution in [0.25, 0.3) is 0 Å². The van der Waals surface area contributed by atoms with Crippen LogP contribution in [-0.4, -0.2) is 0 Å². The summed E-state index contributed by atoms with van der Waals surface area (Å²) >= 11 is 1.71. The van der Waals surface area contributed by atoms with Gasteiger partial charge in [0, 0.05) is 5.70 Å². The summed E-state index contributed by atoms with van der Waals surface area (Å²) < 4.78 is 0. The van der Waals surface area contributed by atoms with Gasteiger partial charge in [0.2, 0.25) is 0 Å². The van der Waals surface area contributed by atoms with Crippen molar-refractivity contribution in [2.75, 3.05) is 0 Å². The molecule has 45 valence electrons. The van der Waals surface area contributed by atoms with Crippen molar-refractivity contribution >= 4 is 11.8 Å². The first-order valence-corrected chi connectivity index (χ1v) is 3.68. The molecule has 1 rings (SSSR count). The molecule has 0 saturated carbocycles. The van der Waals surface area contributed by atoms with Gasteiger partial charge in [0.05, 0.1) is 0 Å². The van der Waals surface area contributed by atoms with E-state index < -0.39 is 0 Å². The van der Waals surface area contributed by atoms with Gasteiger partial charge in [-0.15, -0.1) is 11.8 Å². The van der Waals surface area contributed by atoms with Crippen LogP contribution in [0.5, 0.6) is 0 Å². The fourth-order valence-corrected chi connectivity index (χ4v) is 1.31. The minimum Gasteiger partial charge on any atom is -0.373 e. The van der Waals surface area contributed by atoms with Crippen LogP contribution >= 0.6 is 11.8 Å². The van der Waals surface area contributed by atoms with E-state index in [9.17, 15) is 0 Å². The van der Waals surface area contributed by atoms with E-state index in [2.05, 4.69) is 24.6 Å². The Morgan fingerprint density at radius 2 is 2.38 bits per heavy atom. The van der Waals surface area contributed by atoms with Crippen molar-refractivity contribution in [2.24, 2.45) is 5.92 Å². The maximum Gasteiger partial charge on any atom is 0.106 e. The molecule has 0 aromatic carbocycles. The first-order chi connectivity index (χ1) is 3.80. The zero-order valence-corrected chi connectivity index (χ0v) is 5.96. The van der Waals surface area contributed by atoms with Crippen molar-refractivity contribution in [3.8, 4) is 0 Å². The summed E-state index contributed by atoms with van der Waals surface area (Å²) in [6.45, 7) is 4.36. The summed E-state index contributed by atoms with van der Waals surface area (Å²) in [6.07, 6.45) is 0. The molecule has 0 saturated heterocycles. The molecule has 1 aliphatic rings. The molecule has 0 spiro atoms. The van der Waals surface area contributed by atoms with Crippen molar-refractivity contribution in [1.82, 2.24) is 5.32 Å². The van der Waals surface area contributed by atoms with Crippen molar-refractivity contribution in [1.29, 1.82) is 0 Å². The first-order valence-electron chi connectivity index (χ1n) is 2.74. The summed E-state index contributed by atoms with van der Waals surface area (Å²) in [6, 6.07) is 0. The van der Waals surface area contributed by atoms with Crippen molar-refractivity contribution in [2.45, 2.75) is 13.8 Å². The maximum atomic E-state index is 3.16. The van der Waals surface area contributed by atoms with Gasteiger partial charge in [-0.2, -0.15) is 0 Å². The summed E-state index contributed by atoms with van der Waals surface area (Å²) in [7, 11) is 0. The zero-order chi connectivity index (χ0) is 5.98. The van der Waals surface area contributed by atoms with Crippen LogP contribution in [-0.2, 0) is 0 Å². The Morgan fingerprint density at radius 1 is 1.62 bits per heavy atom. The van der Waals surface area contributed by atoms with Crippen LogP contribution in [0.3, 0.4) is 0 Å². The molecule has 1 nitrogen and oxygen atoms in total. The second kappa shape index (κ2) is 2.44. The van der Waals surface area contributed by atoms with E-state index in [4.69, 9.17) is 0 Å². The second-order valence-electron chi connectivity index (χ2n) is 2.13. The Kier molecular flexibility index (Phi) is 1.84. The van der Waals surface area contributed by atoms with Crippen LogP contribution in [0.15, 0.2) is 11.1 Å². The number of hydrogen-bond donors (Lipinski definition) is 1. The average molecular weight is 128 g/mol. The van der Waals surface area contributed by atoms with Gasteiger partial charge in [-0.25, -0.2) is 0 Å². The molecule has 0 unspecified atom stereocenters. The van der Waals surface area contributed by atoms with Crippen molar-refractivity contribution in [3.63, 3.8) is 0 Å². The molecule has 0 aromatic rings. The standard InChI is InChI=1S/C6H10NS/c1-5(2)6-3-8-4-7-6/h3-5,7H,1-2H3. The molecule has 0 amide bonds. The van der Waals surface area contributed by atoms with Crippen LogP contribution in [0.1, 0.15) is 13.8 Å². The number of hydrogen-bond acceptors (Lipinski definition) is 2. The van der Waals surface area contributed by atoms with Gasteiger partial charge in [-0.1, -0.05) is 13.8 Å². The molecule has 1 N–H and O–H groups in total. The molecule has 0 fully saturated rings. The highest BCUT2D eigenvalue weighted by molar-refractivity contribution is 8.04. The summed E-state index contributed by atoms with van der Waals surface area (Å²) in [5, 5.41) is 5.30. The summed E-state index contributed by atoms with van der Waals surface area (Å²) in [5.41, 5.74) is 1.33. The number of allylic oxidation sites excluding steroid dienone is 1. The van der Waals surface area contributed by atoms with E-state index in [1.54, 1.807) is 11.8 Å². The third-order valence-corrected chi connectivity index (χ3v) is 1.75. The highest BCUT2D eigenvalue weighted by Crippen LogP contribution is 2.21. The van der Waals surface area contributed by atoms with E-state index in [0.29, 0.717) is 5.92 Å². The minimum atomic E-state index is 0.640. The van der Waals surface area contributed by atoms with Gasteiger partial charge in [-0.05, 0) is 11.3 Å². The first kappa shape index (κ1) is 6.02. The fourth-order valence-electron chi connectivity index (χ4n) is 0.546. The highest BCUT2D eigenvalue weighted by Gasteiger charge is 2.06. The van der Waals surface area contributed by atoms with Gasteiger partial charge < -0.3 is 5.32 Å². The Hall–Kier alpha value is -0.110. The Balaban J connectivity index is 2.45. The second-order valence-corrected chi connectivity index (χ2v) is 2.87. The molecule has 8 heavy (non-hydrogen) atoms. The van der Waals surface area contributed by atoms with Gasteiger partial charge in [0.1, 0.15) is 5.88 Å². The van der Waals surface area contributed by atoms with Crippen molar-refractivity contribution in [3.05, 3.63) is 17.0 Å². The average Bonchev–Trinajstić information content (AvgIpc) is 2.12. The SMILES string of the molecule is CC(C)C1=CS[CH]N1. The lowest BCUT2D eigenvalue weighted by molar-refractivity contribution is 0.717. The predicted molar refractivity (Wildman–Crippen MR) is 37.9 cm³/mol. The lowest BCUT2D eigenvalue weighted by Gasteiger charge is -2.04. The molecule has 0 bridgehead atoms. The lowest BCUT2D eigenvalue weighted by atomic mass is 10.2. The zero-order valence-electron chi connectivity index (χ0n) is 5.14. The molecule has 1 aliphatic heterocycles.